The van der Waals surface area contributed by atoms with Crippen LogP contribution in [0.15, 0.2) is 85.3 Å². The van der Waals surface area contributed by atoms with Gasteiger partial charge in [-0.05, 0) is 48.9 Å². The van der Waals surface area contributed by atoms with Crippen molar-refractivity contribution in [3.63, 3.8) is 0 Å². The normalized spacial score (nSPS) is 10.5. The Hall–Kier alpha value is -4.06. The number of aromatic nitrogens is 3. The number of ether oxygens (including phenoxy) is 1. The van der Waals surface area contributed by atoms with Crippen LogP contribution in [0.4, 0.5) is 5.69 Å². The molecule has 2 aromatic heterocycles. The summed E-state index contributed by atoms with van der Waals surface area (Å²) in [7, 11) is 1.74. The van der Waals surface area contributed by atoms with Crippen molar-refractivity contribution in [2.75, 3.05) is 11.9 Å². The molecule has 2 aromatic carbocycles. The van der Waals surface area contributed by atoms with Crippen molar-refractivity contribution in [1.29, 1.82) is 0 Å². The first-order valence-corrected chi connectivity index (χ1v) is 9.47. The van der Waals surface area contributed by atoms with Crippen LogP contribution in [-0.4, -0.2) is 27.9 Å². The molecule has 0 aliphatic heterocycles. The summed E-state index contributed by atoms with van der Waals surface area (Å²) in [5.74, 6) is 0.490. The predicted octanol–water partition coefficient (Wildman–Crippen LogP) is 4.92. The quantitative estimate of drug-likeness (QED) is 0.479. The van der Waals surface area contributed by atoms with Gasteiger partial charge in [-0.3, -0.25) is 9.78 Å². The third-order valence-electron chi connectivity index (χ3n) is 4.68. The molecule has 4 rings (SSSR count). The lowest BCUT2D eigenvalue weighted by Gasteiger charge is -2.19. The molecule has 0 aliphatic rings. The molecule has 6 heteroatoms. The Kier molecular flexibility index (Phi) is 5.48. The molecule has 1 amide bonds. The molecule has 0 bridgehead atoms. The van der Waals surface area contributed by atoms with Crippen LogP contribution in [0.5, 0.6) is 11.8 Å². The highest BCUT2D eigenvalue weighted by Crippen LogP contribution is 2.29. The first-order valence-electron chi connectivity index (χ1n) is 9.47. The summed E-state index contributed by atoms with van der Waals surface area (Å²) in [4.78, 5) is 27.2. The second kappa shape index (κ2) is 8.53. The van der Waals surface area contributed by atoms with E-state index in [4.69, 9.17) is 4.74 Å². The van der Waals surface area contributed by atoms with Crippen LogP contribution in [0.1, 0.15) is 15.9 Å². The number of aryl methyl sites for hydroxylation is 1. The van der Waals surface area contributed by atoms with Gasteiger partial charge in [0.2, 0.25) is 0 Å². The second-order valence-corrected chi connectivity index (χ2v) is 6.75. The summed E-state index contributed by atoms with van der Waals surface area (Å²) in [6, 6.07) is 20.6. The second-order valence-electron chi connectivity index (χ2n) is 6.75. The number of hydrogen-bond donors (Lipinski definition) is 0. The van der Waals surface area contributed by atoms with Gasteiger partial charge in [-0.25, -0.2) is 4.98 Å². The number of carbonyl (C=O) groups excluding carboxylic acids is 1. The molecule has 0 aliphatic carbocycles. The summed E-state index contributed by atoms with van der Waals surface area (Å²) in [5, 5.41) is 0. The number of rotatable bonds is 5. The Balaban J connectivity index is 1.59. The minimum absolute atomic E-state index is 0.0970. The van der Waals surface area contributed by atoms with E-state index in [9.17, 15) is 4.79 Å². The zero-order chi connectivity index (χ0) is 20.9. The number of pyridine rings is 1. The molecule has 0 saturated heterocycles. The SMILES string of the molecule is Cc1ccc(N(C)C(=O)c2ccccc2)cc1Oc1nccc(-c2cccnc2)n1. The first-order chi connectivity index (χ1) is 14.6. The molecule has 4 aromatic rings. The molecule has 6 nitrogen and oxygen atoms in total. The first kappa shape index (κ1) is 19.3. The van der Waals surface area contributed by atoms with Gasteiger partial charge < -0.3 is 9.64 Å². The fourth-order valence-corrected chi connectivity index (χ4v) is 2.96. The zero-order valence-corrected chi connectivity index (χ0v) is 16.7. The molecule has 0 N–H and O–H groups in total. The van der Waals surface area contributed by atoms with E-state index >= 15 is 0 Å². The number of carbonyl (C=O) groups is 1. The van der Waals surface area contributed by atoms with E-state index in [2.05, 4.69) is 15.0 Å². The number of nitrogens with zero attached hydrogens (tertiary/aromatic N) is 4. The van der Waals surface area contributed by atoms with Gasteiger partial charge >= 0.3 is 6.01 Å². The molecule has 0 fully saturated rings. The molecule has 148 valence electrons. The molecule has 0 atom stereocenters. The lowest BCUT2D eigenvalue weighted by atomic mass is 10.1. The van der Waals surface area contributed by atoms with E-state index in [0.29, 0.717) is 17.0 Å². The van der Waals surface area contributed by atoms with Crippen LogP contribution in [0, 0.1) is 6.92 Å². The molecule has 0 spiro atoms. The largest absolute Gasteiger partial charge is 0.424 e. The minimum Gasteiger partial charge on any atom is -0.424 e. The fraction of sp³-hybridized carbons (Fsp3) is 0.0833. The van der Waals surface area contributed by atoms with E-state index in [1.165, 1.54) is 0 Å². The van der Waals surface area contributed by atoms with Crippen LogP contribution in [0.3, 0.4) is 0 Å². The Morgan fingerprint density at radius 1 is 0.967 bits per heavy atom. The summed E-state index contributed by atoms with van der Waals surface area (Å²) >= 11 is 0. The van der Waals surface area contributed by atoms with Crippen LogP contribution in [-0.2, 0) is 0 Å². The van der Waals surface area contributed by atoms with Gasteiger partial charge in [0, 0.05) is 48.5 Å². The maximum atomic E-state index is 12.8. The standard InChI is InChI=1S/C24H20N4O2/c1-17-10-11-20(28(2)23(29)18-7-4-3-5-8-18)15-22(17)30-24-26-14-12-21(27-24)19-9-6-13-25-16-19/h3-16H,1-2H3. The van der Waals surface area contributed by atoms with Gasteiger partial charge in [-0.2, -0.15) is 4.98 Å². The van der Waals surface area contributed by atoms with Gasteiger partial charge in [-0.15, -0.1) is 0 Å². The predicted molar refractivity (Wildman–Crippen MR) is 116 cm³/mol. The molecular weight excluding hydrogens is 376 g/mol. The third kappa shape index (κ3) is 4.17. The topological polar surface area (TPSA) is 68.2 Å². The fourth-order valence-electron chi connectivity index (χ4n) is 2.96. The molecular formula is C24H20N4O2. The van der Waals surface area contributed by atoms with Gasteiger partial charge in [0.05, 0.1) is 5.69 Å². The highest BCUT2D eigenvalue weighted by molar-refractivity contribution is 6.05. The van der Waals surface area contributed by atoms with E-state index in [1.807, 2.05) is 55.5 Å². The number of anilines is 1. The molecule has 0 saturated carbocycles. The van der Waals surface area contributed by atoms with Gasteiger partial charge in [0.1, 0.15) is 5.75 Å². The average Bonchev–Trinajstić information content (AvgIpc) is 2.81. The lowest BCUT2D eigenvalue weighted by Crippen LogP contribution is -2.26. The maximum Gasteiger partial charge on any atom is 0.322 e. The Morgan fingerprint density at radius 3 is 2.57 bits per heavy atom. The third-order valence-corrected chi connectivity index (χ3v) is 4.68. The Morgan fingerprint density at radius 2 is 1.80 bits per heavy atom. The van der Waals surface area contributed by atoms with Crippen molar-refractivity contribution in [2.24, 2.45) is 0 Å². The summed E-state index contributed by atoms with van der Waals surface area (Å²) in [5.41, 5.74) is 3.85. The van der Waals surface area contributed by atoms with E-state index in [-0.39, 0.29) is 11.9 Å². The van der Waals surface area contributed by atoms with Gasteiger partial charge in [0.15, 0.2) is 0 Å². The van der Waals surface area contributed by atoms with Crippen LogP contribution in [0.2, 0.25) is 0 Å². The van der Waals surface area contributed by atoms with Crippen LogP contribution >= 0.6 is 0 Å². The minimum atomic E-state index is -0.0970. The Bertz CT molecular complexity index is 1160. The zero-order valence-electron chi connectivity index (χ0n) is 16.7. The summed E-state index contributed by atoms with van der Waals surface area (Å²) in [6.45, 7) is 1.93. The van der Waals surface area contributed by atoms with Crippen LogP contribution < -0.4 is 9.64 Å². The van der Waals surface area contributed by atoms with E-state index in [1.54, 1.807) is 48.7 Å². The number of amides is 1. The molecule has 0 radical (unpaired) electrons. The van der Waals surface area contributed by atoms with Crippen molar-refractivity contribution in [3.05, 3.63) is 96.4 Å². The van der Waals surface area contributed by atoms with Crippen molar-refractivity contribution >= 4 is 11.6 Å². The van der Waals surface area contributed by atoms with E-state index < -0.39 is 0 Å². The molecule has 30 heavy (non-hydrogen) atoms. The lowest BCUT2D eigenvalue weighted by molar-refractivity contribution is 0.0993. The Labute approximate surface area is 174 Å². The van der Waals surface area contributed by atoms with Crippen molar-refractivity contribution < 1.29 is 9.53 Å². The smallest absolute Gasteiger partial charge is 0.322 e. The molecule has 0 unspecified atom stereocenters. The highest BCUT2D eigenvalue weighted by atomic mass is 16.5. The number of hydrogen-bond acceptors (Lipinski definition) is 5. The van der Waals surface area contributed by atoms with Gasteiger partial charge in [0.25, 0.3) is 5.91 Å². The van der Waals surface area contributed by atoms with Crippen LogP contribution in [0.25, 0.3) is 11.3 Å². The van der Waals surface area contributed by atoms with Crippen molar-refractivity contribution in [1.82, 2.24) is 15.0 Å². The highest BCUT2D eigenvalue weighted by Gasteiger charge is 2.15. The van der Waals surface area contributed by atoms with Gasteiger partial charge in [-0.1, -0.05) is 24.3 Å². The average molecular weight is 396 g/mol. The van der Waals surface area contributed by atoms with Crippen molar-refractivity contribution in [2.45, 2.75) is 6.92 Å². The summed E-state index contributed by atoms with van der Waals surface area (Å²) in [6.07, 6.45) is 5.10. The van der Waals surface area contributed by atoms with E-state index in [0.717, 1.165) is 16.8 Å². The van der Waals surface area contributed by atoms with Crippen molar-refractivity contribution in [3.8, 4) is 23.0 Å². The number of benzene rings is 2. The molecule has 2 heterocycles. The summed E-state index contributed by atoms with van der Waals surface area (Å²) < 4.78 is 5.97. The maximum absolute atomic E-state index is 12.8. The monoisotopic (exact) mass is 396 g/mol.